The molecule has 4 nitrogen and oxygen atoms in total. The summed E-state index contributed by atoms with van der Waals surface area (Å²) in [6.07, 6.45) is 3.90. The molecule has 2 aromatic rings. The van der Waals surface area contributed by atoms with E-state index in [0.29, 0.717) is 17.9 Å². The molecule has 1 aromatic carbocycles. The number of hydrogen-bond donors (Lipinski definition) is 1. The van der Waals surface area contributed by atoms with E-state index in [1.807, 2.05) is 0 Å². The molecule has 1 atom stereocenters. The van der Waals surface area contributed by atoms with E-state index in [2.05, 4.69) is 39.6 Å². The SMILES string of the molecule is COc1ccnc(NC2CCc3ccccc32)n1. The van der Waals surface area contributed by atoms with Crippen molar-refractivity contribution >= 4 is 5.95 Å². The van der Waals surface area contributed by atoms with Gasteiger partial charge in [-0.1, -0.05) is 24.3 Å². The van der Waals surface area contributed by atoms with Gasteiger partial charge in [-0.15, -0.1) is 0 Å². The third-order valence-corrected chi connectivity index (χ3v) is 3.28. The van der Waals surface area contributed by atoms with E-state index in [1.165, 1.54) is 11.1 Å². The quantitative estimate of drug-likeness (QED) is 0.897. The van der Waals surface area contributed by atoms with Crippen molar-refractivity contribution in [2.24, 2.45) is 0 Å². The maximum absolute atomic E-state index is 5.10. The molecule has 3 rings (SSSR count). The number of fused-ring (bicyclic) bond motifs is 1. The fraction of sp³-hybridized carbons (Fsp3) is 0.286. The Hall–Kier alpha value is -2.10. The van der Waals surface area contributed by atoms with E-state index in [1.54, 1.807) is 19.4 Å². The monoisotopic (exact) mass is 241 g/mol. The lowest BCUT2D eigenvalue weighted by Gasteiger charge is -2.14. The predicted octanol–water partition coefficient (Wildman–Crippen LogP) is 2.58. The van der Waals surface area contributed by atoms with Gasteiger partial charge >= 0.3 is 0 Å². The van der Waals surface area contributed by atoms with Gasteiger partial charge in [0.2, 0.25) is 11.8 Å². The summed E-state index contributed by atoms with van der Waals surface area (Å²) in [6.45, 7) is 0. The van der Waals surface area contributed by atoms with Gasteiger partial charge in [-0.25, -0.2) is 4.98 Å². The molecule has 4 heteroatoms. The topological polar surface area (TPSA) is 47.0 Å². The average molecular weight is 241 g/mol. The van der Waals surface area contributed by atoms with Crippen LogP contribution in [-0.2, 0) is 6.42 Å². The minimum Gasteiger partial charge on any atom is -0.481 e. The standard InChI is InChI=1S/C14H15N3O/c1-18-13-8-9-15-14(17-13)16-12-7-6-10-4-2-3-5-11(10)12/h2-5,8-9,12H,6-7H2,1H3,(H,15,16,17). The first kappa shape index (κ1) is 11.0. The zero-order valence-corrected chi connectivity index (χ0v) is 10.3. The molecule has 1 N–H and O–H groups in total. The van der Waals surface area contributed by atoms with Crippen LogP contribution >= 0.6 is 0 Å². The summed E-state index contributed by atoms with van der Waals surface area (Å²) < 4.78 is 5.10. The maximum Gasteiger partial charge on any atom is 0.226 e. The third-order valence-electron chi connectivity index (χ3n) is 3.28. The van der Waals surface area contributed by atoms with Crippen LogP contribution in [0.5, 0.6) is 5.88 Å². The molecule has 1 heterocycles. The highest BCUT2D eigenvalue weighted by Gasteiger charge is 2.22. The molecule has 1 aliphatic rings. The van der Waals surface area contributed by atoms with Gasteiger partial charge in [0.15, 0.2) is 0 Å². The normalized spacial score (nSPS) is 17.3. The fourth-order valence-electron chi connectivity index (χ4n) is 2.39. The lowest BCUT2D eigenvalue weighted by Crippen LogP contribution is -2.10. The first-order valence-electron chi connectivity index (χ1n) is 6.08. The van der Waals surface area contributed by atoms with Crippen LogP contribution in [0.1, 0.15) is 23.6 Å². The van der Waals surface area contributed by atoms with Gasteiger partial charge in [0.25, 0.3) is 0 Å². The van der Waals surface area contributed by atoms with E-state index in [0.717, 1.165) is 12.8 Å². The second-order valence-electron chi connectivity index (χ2n) is 4.36. The van der Waals surface area contributed by atoms with Crippen LogP contribution in [0.2, 0.25) is 0 Å². The predicted molar refractivity (Wildman–Crippen MR) is 69.7 cm³/mol. The Labute approximate surface area is 106 Å². The van der Waals surface area contributed by atoms with Crippen molar-refractivity contribution in [2.45, 2.75) is 18.9 Å². The Kier molecular flexibility index (Phi) is 2.84. The van der Waals surface area contributed by atoms with E-state index < -0.39 is 0 Å². The molecule has 18 heavy (non-hydrogen) atoms. The highest BCUT2D eigenvalue weighted by molar-refractivity contribution is 5.40. The van der Waals surface area contributed by atoms with Crippen LogP contribution in [0, 0.1) is 0 Å². The molecule has 0 radical (unpaired) electrons. The second kappa shape index (κ2) is 4.64. The smallest absolute Gasteiger partial charge is 0.226 e. The number of rotatable bonds is 3. The molecule has 0 aliphatic heterocycles. The molecule has 1 aliphatic carbocycles. The van der Waals surface area contributed by atoms with Crippen molar-refractivity contribution < 1.29 is 4.74 Å². The minimum atomic E-state index is 0.299. The van der Waals surface area contributed by atoms with Crippen LogP contribution in [0.3, 0.4) is 0 Å². The van der Waals surface area contributed by atoms with Gasteiger partial charge in [-0.3, -0.25) is 0 Å². The lowest BCUT2D eigenvalue weighted by atomic mass is 10.1. The van der Waals surface area contributed by atoms with E-state index in [-0.39, 0.29) is 0 Å². The van der Waals surface area contributed by atoms with E-state index >= 15 is 0 Å². The van der Waals surface area contributed by atoms with Crippen molar-refractivity contribution in [3.63, 3.8) is 0 Å². The van der Waals surface area contributed by atoms with E-state index in [4.69, 9.17) is 4.74 Å². The zero-order chi connectivity index (χ0) is 12.4. The van der Waals surface area contributed by atoms with Crippen molar-refractivity contribution in [3.05, 3.63) is 47.7 Å². The summed E-state index contributed by atoms with van der Waals surface area (Å²) >= 11 is 0. The summed E-state index contributed by atoms with van der Waals surface area (Å²) in [7, 11) is 1.61. The molecule has 92 valence electrons. The average Bonchev–Trinajstić information content (AvgIpc) is 2.83. The summed E-state index contributed by atoms with van der Waals surface area (Å²) in [5.74, 6) is 1.20. The first-order valence-corrected chi connectivity index (χ1v) is 6.08. The molecule has 0 bridgehead atoms. The van der Waals surface area contributed by atoms with Crippen LogP contribution in [0.25, 0.3) is 0 Å². The summed E-state index contributed by atoms with van der Waals surface area (Å²) in [6, 6.07) is 10.6. The number of aromatic nitrogens is 2. The van der Waals surface area contributed by atoms with Crippen LogP contribution < -0.4 is 10.1 Å². The van der Waals surface area contributed by atoms with Gasteiger partial charge in [0, 0.05) is 12.3 Å². The number of aryl methyl sites for hydroxylation is 1. The van der Waals surface area contributed by atoms with Crippen LogP contribution in [0.15, 0.2) is 36.5 Å². The molecular formula is C14H15N3O. The number of hydrogen-bond acceptors (Lipinski definition) is 4. The Morgan fingerprint density at radius 3 is 3.06 bits per heavy atom. The Morgan fingerprint density at radius 2 is 2.17 bits per heavy atom. The number of ether oxygens (including phenoxy) is 1. The third kappa shape index (κ3) is 2.01. The number of nitrogens with zero attached hydrogens (tertiary/aromatic N) is 2. The van der Waals surface area contributed by atoms with Gasteiger partial charge in [0.05, 0.1) is 13.2 Å². The summed E-state index contributed by atoms with van der Waals surface area (Å²) in [5, 5.41) is 3.37. The Morgan fingerprint density at radius 1 is 1.28 bits per heavy atom. The molecule has 0 amide bonds. The molecule has 0 saturated carbocycles. The molecule has 0 fully saturated rings. The lowest BCUT2D eigenvalue weighted by molar-refractivity contribution is 0.397. The number of benzene rings is 1. The highest BCUT2D eigenvalue weighted by atomic mass is 16.5. The van der Waals surface area contributed by atoms with E-state index in [9.17, 15) is 0 Å². The second-order valence-corrected chi connectivity index (χ2v) is 4.36. The van der Waals surface area contributed by atoms with Crippen molar-refractivity contribution in [1.29, 1.82) is 0 Å². The number of anilines is 1. The summed E-state index contributed by atoms with van der Waals surface area (Å²) in [5.41, 5.74) is 2.77. The van der Waals surface area contributed by atoms with Gasteiger partial charge in [0.1, 0.15) is 0 Å². The van der Waals surface area contributed by atoms with Crippen molar-refractivity contribution in [2.75, 3.05) is 12.4 Å². The van der Waals surface area contributed by atoms with Crippen LogP contribution in [0.4, 0.5) is 5.95 Å². The molecule has 1 aromatic heterocycles. The van der Waals surface area contributed by atoms with Gasteiger partial charge in [-0.2, -0.15) is 4.98 Å². The van der Waals surface area contributed by atoms with Gasteiger partial charge in [-0.05, 0) is 24.0 Å². The Bertz CT molecular complexity index is 556. The number of nitrogens with one attached hydrogen (secondary N) is 1. The largest absolute Gasteiger partial charge is 0.481 e. The molecule has 1 unspecified atom stereocenters. The number of methoxy groups -OCH3 is 1. The van der Waals surface area contributed by atoms with Crippen molar-refractivity contribution in [1.82, 2.24) is 9.97 Å². The minimum absolute atomic E-state index is 0.299. The maximum atomic E-state index is 5.10. The van der Waals surface area contributed by atoms with Crippen LogP contribution in [-0.4, -0.2) is 17.1 Å². The zero-order valence-electron chi connectivity index (χ0n) is 10.3. The fourth-order valence-corrected chi connectivity index (χ4v) is 2.39. The van der Waals surface area contributed by atoms with Crippen molar-refractivity contribution in [3.8, 4) is 5.88 Å². The van der Waals surface area contributed by atoms with Gasteiger partial charge < -0.3 is 10.1 Å². The first-order chi connectivity index (χ1) is 8.86. The molecule has 0 saturated heterocycles. The molecule has 0 spiro atoms. The molecular weight excluding hydrogens is 226 g/mol. The highest BCUT2D eigenvalue weighted by Crippen LogP contribution is 2.32. The Balaban J connectivity index is 1.82. The summed E-state index contributed by atoms with van der Waals surface area (Å²) in [4.78, 5) is 8.50.